The molecule has 3 nitrogen and oxygen atoms in total. The summed E-state index contributed by atoms with van der Waals surface area (Å²) in [4.78, 5) is 12.2. The van der Waals surface area contributed by atoms with Crippen LogP contribution in [0.1, 0.15) is 0 Å². The van der Waals surface area contributed by atoms with E-state index in [1.807, 2.05) is 6.07 Å². The SMILES string of the molecule is O=c1c2ccccc2oc2cc(I)cc(O)c12. The zero-order chi connectivity index (χ0) is 12.0. The lowest BCUT2D eigenvalue weighted by Gasteiger charge is -2.03. The van der Waals surface area contributed by atoms with Crippen LogP contribution in [0.3, 0.4) is 0 Å². The molecule has 0 aliphatic rings. The second kappa shape index (κ2) is 3.73. The molecule has 0 atom stereocenters. The molecule has 0 bridgehead atoms. The first-order valence-electron chi connectivity index (χ1n) is 5.01. The van der Waals surface area contributed by atoms with Crippen LogP contribution in [0.25, 0.3) is 21.9 Å². The van der Waals surface area contributed by atoms with E-state index in [0.717, 1.165) is 3.57 Å². The molecule has 0 aliphatic carbocycles. The van der Waals surface area contributed by atoms with E-state index in [1.165, 1.54) is 0 Å². The molecular weight excluding hydrogens is 331 g/mol. The Labute approximate surface area is 110 Å². The second-order valence-electron chi connectivity index (χ2n) is 3.73. The number of hydrogen-bond acceptors (Lipinski definition) is 3. The van der Waals surface area contributed by atoms with Gasteiger partial charge in [0.15, 0.2) is 0 Å². The van der Waals surface area contributed by atoms with Crippen LogP contribution >= 0.6 is 22.6 Å². The van der Waals surface area contributed by atoms with Gasteiger partial charge in [-0.25, -0.2) is 0 Å². The number of aromatic hydroxyl groups is 1. The first-order chi connectivity index (χ1) is 8.16. The van der Waals surface area contributed by atoms with Gasteiger partial charge >= 0.3 is 0 Å². The summed E-state index contributed by atoms with van der Waals surface area (Å²) in [6.45, 7) is 0. The molecule has 1 aromatic heterocycles. The molecule has 1 N–H and O–H groups in total. The van der Waals surface area contributed by atoms with E-state index < -0.39 is 0 Å². The van der Waals surface area contributed by atoms with Gasteiger partial charge in [-0.05, 0) is 46.9 Å². The van der Waals surface area contributed by atoms with Crippen LogP contribution in [0, 0.1) is 3.57 Å². The topological polar surface area (TPSA) is 50.4 Å². The first kappa shape index (κ1) is 10.6. The molecule has 0 unspecified atom stereocenters. The van der Waals surface area contributed by atoms with Crippen molar-refractivity contribution >= 4 is 44.5 Å². The molecule has 0 amide bonds. The molecule has 0 aliphatic heterocycles. The minimum absolute atomic E-state index is 0.0357. The van der Waals surface area contributed by atoms with Crippen LogP contribution in [0.15, 0.2) is 45.6 Å². The van der Waals surface area contributed by atoms with Crippen LogP contribution in [0.4, 0.5) is 0 Å². The quantitative estimate of drug-likeness (QED) is 0.506. The fraction of sp³-hybridized carbons (Fsp3) is 0. The summed E-state index contributed by atoms with van der Waals surface area (Å²) in [7, 11) is 0. The molecule has 0 radical (unpaired) electrons. The molecule has 0 saturated heterocycles. The van der Waals surface area contributed by atoms with Crippen molar-refractivity contribution in [3.63, 3.8) is 0 Å². The van der Waals surface area contributed by atoms with Crippen molar-refractivity contribution in [2.45, 2.75) is 0 Å². The van der Waals surface area contributed by atoms with Gasteiger partial charge in [-0.3, -0.25) is 4.79 Å². The monoisotopic (exact) mass is 338 g/mol. The molecule has 2 aromatic carbocycles. The standard InChI is InChI=1S/C13H7IO3/c14-7-5-9(15)12-11(6-7)17-10-4-2-1-3-8(10)13(12)16/h1-6,15H. The Kier molecular flexibility index (Phi) is 2.32. The van der Waals surface area contributed by atoms with Crippen LogP contribution in [-0.2, 0) is 0 Å². The summed E-state index contributed by atoms with van der Waals surface area (Å²) >= 11 is 2.07. The fourth-order valence-corrected chi connectivity index (χ4v) is 2.45. The van der Waals surface area contributed by atoms with E-state index in [0.29, 0.717) is 16.6 Å². The number of hydrogen-bond donors (Lipinski definition) is 1. The van der Waals surface area contributed by atoms with E-state index in [1.54, 1.807) is 30.3 Å². The van der Waals surface area contributed by atoms with Crippen molar-refractivity contribution in [3.8, 4) is 5.75 Å². The summed E-state index contributed by atoms with van der Waals surface area (Å²) in [5.41, 5.74) is 0.750. The molecule has 0 saturated carbocycles. The van der Waals surface area contributed by atoms with E-state index >= 15 is 0 Å². The molecule has 4 heteroatoms. The Balaban J connectivity index is 2.64. The third-order valence-electron chi connectivity index (χ3n) is 2.62. The lowest BCUT2D eigenvalue weighted by molar-refractivity contribution is 0.480. The van der Waals surface area contributed by atoms with Gasteiger partial charge in [0.2, 0.25) is 5.43 Å². The number of fused-ring (bicyclic) bond motifs is 2. The van der Waals surface area contributed by atoms with Crippen molar-refractivity contribution in [3.05, 3.63) is 50.2 Å². The molecule has 1 heterocycles. The van der Waals surface area contributed by atoms with Crippen molar-refractivity contribution in [2.24, 2.45) is 0 Å². The van der Waals surface area contributed by atoms with Crippen molar-refractivity contribution in [1.82, 2.24) is 0 Å². The Morgan fingerprint density at radius 3 is 2.71 bits per heavy atom. The maximum absolute atomic E-state index is 12.2. The summed E-state index contributed by atoms with van der Waals surface area (Å²) < 4.78 is 6.45. The number of phenols is 1. The zero-order valence-corrected chi connectivity index (χ0v) is 10.8. The number of benzene rings is 2. The Hall–Kier alpha value is -1.56. The lowest BCUT2D eigenvalue weighted by atomic mass is 10.1. The highest BCUT2D eigenvalue weighted by Crippen LogP contribution is 2.27. The number of para-hydroxylation sites is 1. The Morgan fingerprint density at radius 2 is 1.88 bits per heavy atom. The highest BCUT2D eigenvalue weighted by molar-refractivity contribution is 14.1. The second-order valence-corrected chi connectivity index (χ2v) is 4.97. The maximum atomic E-state index is 12.2. The Morgan fingerprint density at radius 1 is 1.12 bits per heavy atom. The zero-order valence-electron chi connectivity index (χ0n) is 8.61. The maximum Gasteiger partial charge on any atom is 0.204 e. The fourth-order valence-electron chi connectivity index (χ4n) is 1.87. The minimum Gasteiger partial charge on any atom is -0.507 e. The molecule has 0 spiro atoms. The summed E-state index contributed by atoms with van der Waals surface area (Å²) in [6, 6.07) is 10.3. The van der Waals surface area contributed by atoms with Gasteiger partial charge < -0.3 is 9.52 Å². The first-order valence-corrected chi connectivity index (χ1v) is 6.09. The number of halogens is 1. The largest absolute Gasteiger partial charge is 0.507 e. The highest BCUT2D eigenvalue weighted by atomic mass is 127. The van der Waals surface area contributed by atoms with Gasteiger partial charge in [0.25, 0.3) is 0 Å². The summed E-state index contributed by atoms with van der Waals surface area (Å²) in [5, 5.41) is 10.6. The molecule has 84 valence electrons. The summed E-state index contributed by atoms with van der Waals surface area (Å²) in [5.74, 6) is -0.0357. The molecule has 0 fully saturated rings. The molecule has 17 heavy (non-hydrogen) atoms. The third kappa shape index (κ3) is 1.59. The Bertz CT molecular complexity index is 790. The van der Waals surface area contributed by atoms with Gasteiger partial charge in [0.05, 0.1) is 5.39 Å². The average Bonchev–Trinajstić information content (AvgIpc) is 2.28. The highest BCUT2D eigenvalue weighted by Gasteiger charge is 2.11. The molecular formula is C13H7IO3. The summed E-state index contributed by atoms with van der Waals surface area (Å²) in [6.07, 6.45) is 0. The minimum atomic E-state index is -0.198. The van der Waals surface area contributed by atoms with Gasteiger partial charge in [0.1, 0.15) is 22.3 Å². The number of rotatable bonds is 0. The predicted molar refractivity (Wildman–Crippen MR) is 74.4 cm³/mol. The normalized spacial score (nSPS) is 11.1. The van der Waals surface area contributed by atoms with Gasteiger partial charge in [-0.15, -0.1) is 0 Å². The van der Waals surface area contributed by atoms with E-state index in [9.17, 15) is 9.90 Å². The lowest BCUT2D eigenvalue weighted by Crippen LogP contribution is -2.02. The van der Waals surface area contributed by atoms with Gasteiger partial charge in [-0.2, -0.15) is 0 Å². The predicted octanol–water partition coefficient (Wildman–Crippen LogP) is 3.26. The van der Waals surface area contributed by atoms with Gasteiger partial charge in [-0.1, -0.05) is 12.1 Å². The van der Waals surface area contributed by atoms with Crippen molar-refractivity contribution < 1.29 is 9.52 Å². The number of phenolic OH excluding ortho intramolecular Hbond substituents is 1. The average molecular weight is 338 g/mol. The third-order valence-corrected chi connectivity index (χ3v) is 3.25. The van der Waals surface area contributed by atoms with Crippen LogP contribution < -0.4 is 5.43 Å². The van der Waals surface area contributed by atoms with Crippen molar-refractivity contribution in [2.75, 3.05) is 0 Å². The van der Waals surface area contributed by atoms with E-state index in [4.69, 9.17) is 4.42 Å². The molecule has 3 rings (SSSR count). The van der Waals surface area contributed by atoms with E-state index in [2.05, 4.69) is 22.6 Å². The van der Waals surface area contributed by atoms with E-state index in [-0.39, 0.29) is 16.6 Å². The van der Waals surface area contributed by atoms with Crippen LogP contribution in [-0.4, -0.2) is 5.11 Å². The smallest absolute Gasteiger partial charge is 0.204 e. The molecule has 3 aromatic rings. The van der Waals surface area contributed by atoms with Crippen LogP contribution in [0.5, 0.6) is 5.75 Å². The van der Waals surface area contributed by atoms with Gasteiger partial charge in [0, 0.05) is 3.57 Å². The van der Waals surface area contributed by atoms with Crippen molar-refractivity contribution in [1.29, 1.82) is 0 Å². The van der Waals surface area contributed by atoms with Crippen LogP contribution in [0.2, 0.25) is 0 Å².